The quantitative estimate of drug-likeness (QED) is 0.181. The molecule has 0 saturated carbocycles. The number of rotatable bonds is 6. The minimum absolute atomic E-state index is 0.649. The number of nitrogens with zero attached hydrogens (tertiary/aromatic N) is 3. The van der Waals surface area contributed by atoms with Crippen molar-refractivity contribution in [3.8, 4) is 67.5 Å². The first kappa shape index (κ1) is 29.0. The SMILES string of the molecule is c1ccc(-c2ccc(-c3ccc(-c4nc(-c5ccccc5)nc(-c5cccc6sc7c(-c8ccccc8)cccc7c56)n4)cc3)cc2)cc1. The summed E-state index contributed by atoms with van der Waals surface area (Å²) in [6.07, 6.45) is 0. The van der Waals surface area contributed by atoms with Crippen molar-refractivity contribution < 1.29 is 0 Å². The van der Waals surface area contributed by atoms with Crippen molar-refractivity contribution in [2.24, 2.45) is 0 Å². The van der Waals surface area contributed by atoms with Crippen molar-refractivity contribution in [1.82, 2.24) is 15.0 Å². The molecular weight excluding hydrogens is 615 g/mol. The van der Waals surface area contributed by atoms with E-state index >= 15 is 0 Å². The number of hydrogen-bond acceptors (Lipinski definition) is 4. The molecule has 49 heavy (non-hydrogen) atoms. The van der Waals surface area contributed by atoms with E-state index in [1.165, 1.54) is 48.0 Å². The summed E-state index contributed by atoms with van der Waals surface area (Å²) in [6, 6.07) is 61.5. The monoisotopic (exact) mass is 643 g/mol. The minimum atomic E-state index is 0.649. The van der Waals surface area contributed by atoms with Crippen molar-refractivity contribution in [3.63, 3.8) is 0 Å². The van der Waals surface area contributed by atoms with Crippen LogP contribution in [0.4, 0.5) is 0 Å². The van der Waals surface area contributed by atoms with E-state index in [1.807, 2.05) is 35.6 Å². The third-order valence-corrected chi connectivity index (χ3v) is 10.2. The first-order chi connectivity index (χ1) is 24.3. The van der Waals surface area contributed by atoms with Gasteiger partial charge < -0.3 is 0 Å². The van der Waals surface area contributed by atoms with Crippen LogP contribution in [0.2, 0.25) is 0 Å². The zero-order chi connectivity index (χ0) is 32.6. The van der Waals surface area contributed by atoms with Gasteiger partial charge in [-0.15, -0.1) is 11.3 Å². The van der Waals surface area contributed by atoms with Crippen LogP contribution in [0.15, 0.2) is 176 Å². The zero-order valence-electron chi connectivity index (χ0n) is 26.5. The molecule has 0 atom stereocenters. The normalized spacial score (nSPS) is 11.3. The highest BCUT2D eigenvalue weighted by atomic mass is 32.1. The van der Waals surface area contributed by atoms with Gasteiger partial charge in [0, 0.05) is 36.9 Å². The van der Waals surface area contributed by atoms with E-state index in [0.717, 1.165) is 22.3 Å². The van der Waals surface area contributed by atoms with E-state index in [-0.39, 0.29) is 0 Å². The van der Waals surface area contributed by atoms with Gasteiger partial charge in [-0.05, 0) is 39.4 Å². The van der Waals surface area contributed by atoms with Crippen LogP contribution in [0, 0.1) is 0 Å². The van der Waals surface area contributed by atoms with Gasteiger partial charge in [-0.1, -0.05) is 170 Å². The Kier molecular flexibility index (Phi) is 7.34. The Bertz CT molecular complexity index is 2560. The van der Waals surface area contributed by atoms with E-state index in [4.69, 9.17) is 15.0 Å². The average molecular weight is 644 g/mol. The predicted molar refractivity (Wildman–Crippen MR) is 205 cm³/mol. The molecule has 0 fully saturated rings. The third kappa shape index (κ3) is 5.48. The molecule has 3 nitrogen and oxygen atoms in total. The molecule has 0 amide bonds. The maximum Gasteiger partial charge on any atom is 0.164 e. The Morgan fingerprint density at radius 2 is 0.735 bits per heavy atom. The molecule has 4 heteroatoms. The van der Waals surface area contributed by atoms with Gasteiger partial charge in [-0.2, -0.15) is 0 Å². The summed E-state index contributed by atoms with van der Waals surface area (Å²) in [7, 11) is 0. The van der Waals surface area contributed by atoms with E-state index in [2.05, 4.69) is 152 Å². The van der Waals surface area contributed by atoms with E-state index < -0.39 is 0 Å². The summed E-state index contributed by atoms with van der Waals surface area (Å²) >= 11 is 1.82. The van der Waals surface area contributed by atoms with Crippen molar-refractivity contribution in [2.75, 3.05) is 0 Å². The topological polar surface area (TPSA) is 38.7 Å². The molecular formula is C45H29N3S. The van der Waals surface area contributed by atoms with Crippen LogP contribution in [-0.2, 0) is 0 Å². The Labute approximate surface area is 288 Å². The van der Waals surface area contributed by atoms with Crippen LogP contribution >= 0.6 is 11.3 Å². The molecule has 0 aliphatic carbocycles. The standard InChI is InChI=1S/C45H29N3S/c1-4-12-30(13-5-1)31-22-24-32(25-23-31)33-26-28-36(29-27-33)44-46-43(35-16-8-3-9-17-35)47-45(48-44)39-20-11-21-40-41(39)38-19-10-18-37(42(38)49-40)34-14-6-2-7-15-34/h1-29H. The van der Waals surface area contributed by atoms with Crippen molar-refractivity contribution in [3.05, 3.63) is 176 Å². The lowest BCUT2D eigenvalue weighted by atomic mass is 9.99. The van der Waals surface area contributed by atoms with Gasteiger partial charge in [-0.25, -0.2) is 15.0 Å². The Morgan fingerprint density at radius 1 is 0.306 bits per heavy atom. The van der Waals surface area contributed by atoms with E-state index in [1.54, 1.807) is 0 Å². The summed E-state index contributed by atoms with van der Waals surface area (Å²) in [5, 5.41) is 2.38. The fourth-order valence-electron chi connectivity index (χ4n) is 6.52. The lowest BCUT2D eigenvalue weighted by molar-refractivity contribution is 1.08. The highest BCUT2D eigenvalue weighted by Gasteiger charge is 2.18. The van der Waals surface area contributed by atoms with Gasteiger partial charge in [0.25, 0.3) is 0 Å². The molecule has 0 N–H and O–H groups in total. The average Bonchev–Trinajstić information content (AvgIpc) is 3.58. The summed E-state index contributed by atoms with van der Waals surface area (Å²) in [5.74, 6) is 1.97. The zero-order valence-corrected chi connectivity index (χ0v) is 27.3. The highest BCUT2D eigenvalue weighted by molar-refractivity contribution is 7.26. The first-order valence-corrected chi connectivity index (χ1v) is 17.2. The second-order valence-corrected chi connectivity index (χ2v) is 13.1. The summed E-state index contributed by atoms with van der Waals surface area (Å²) in [4.78, 5) is 15.3. The van der Waals surface area contributed by atoms with E-state index in [0.29, 0.717) is 17.5 Å². The van der Waals surface area contributed by atoms with Crippen LogP contribution in [0.25, 0.3) is 87.7 Å². The van der Waals surface area contributed by atoms with Crippen LogP contribution in [0.1, 0.15) is 0 Å². The van der Waals surface area contributed by atoms with Gasteiger partial charge in [0.2, 0.25) is 0 Å². The Hall–Kier alpha value is -6.23. The molecule has 0 aliphatic heterocycles. The predicted octanol–water partition coefficient (Wildman–Crippen LogP) is 12.2. The summed E-state index contributed by atoms with van der Waals surface area (Å²) in [5.41, 5.74) is 10.1. The number of thiophene rings is 1. The largest absolute Gasteiger partial charge is 0.208 e. The lowest BCUT2D eigenvalue weighted by Crippen LogP contribution is -2.00. The van der Waals surface area contributed by atoms with Crippen molar-refractivity contribution in [1.29, 1.82) is 0 Å². The molecule has 0 spiro atoms. The molecule has 0 radical (unpaired) electrons. The molecule has 9 aromatic rings. The van der Waals surface area contributed by atoms with Gasteiger partial charge in [-0.3, -0.25) is 0 Å². The molecule has 7 aromatic carbocycles. The van der Waals surface area contributed by atoms with Gasteiger partial charge in [0.15, 0.2) is 17.5 Å². The third-order valence-electron chi connectivity index (χ3n) is 8.98. The highest BCUT2D eigenvalue weighted by Crippen LogP contribution is 2.43. The van der Waals surface area contributed by atoms with Crippen molar-refractivity contribution in [2.45, 2.75) is 0 Å². The van der Waals surface area contributed by atoms with Crippen LogP contribution < -0.4 is 0 Å². The molecule has 0 aliphatic rings. The smallest absolute Gasteiger partial charge is 0.164 e. The Morgan fingerprint density at radius 3 is 1.33 bits per heavy atom. The molecule has 0 bridgehead atoms. The second-order valence-electron chi connectivity index (χ2n) is 12.0. The minimum Gasteiger partial charge on any atom is -0.208 e. The van der Waals surface area contributed by atoms with Gasteiger partial charge in [0.05, 0.1) is 0 Å². The van der Waals surface area contributed by atoms with Gasteiger partial charge in [0.1, 0.15) is 0 Å². The number of hydrogen-bond donors (Lipinski definition) is 0. The number of aromatic nitrogens is 3. The van der Waals surface area contributed by atoms with E-state index in [9.17, 15) is 0 Å². The number of fused-ring (bicyclic) bond motifs is 3. The fraction of sp³-hybridized carbons (Fsp3) is 0. The maximum atomic E-state index is 5.15. The fourth-order valence-corrected chi connectivity index (χ4v) is 7.78. The second kappa shape index (κ2) is 12.4. The van der Waals surface area contributed by atoms with Gasteiger partial charge >= 0.3 is 0 Å². The number of benzene rings is 7. The van der Waals surface area contributed by atoms with Crippen LogP contribution in [-0.4, -0.2) is 15.0 Å². The molecule has 0 saturated heterocycles. The molecule has 2 heterocycles. The van der Waals surface area contributed by atoms with Crippen LogP contribution in [0.5, 0.6) is 0 Å². The molecule has 230 valence electrons. The maximum absolute atomic E-state index is 5.15. The summed E-state index contributed by atoms with van der Waals surface area (Å²) < 4.78 is 2.47. The summed E-state index contributed by atoms with van der Waals surface area (Å²) in [6.45, 7) is 0. The molecule has 2 aromatic heterocycles. The molecule has 9 rings (SSSR count). The van der Waals surface area contributed by atoms with Crippen LogP contribution in [0.3, 0.4) is 0 Å². The molecule has 0 unspecified atom stereocenters. The lowest BCUT2D eigenvalue weighted by Gasteiger charge is -2.10. The first-order valence-electron chi connectivity index (χ1n) is 16.4. The van der Waals surface area contributed by atoms with Crippen molar-refractivity contribution >= 4 is 31.5 Å². The Balaban J connectivity index is 1.15.